The molecule has 2 unspecified atom stereocenters. The fraction of sp³-hybridized carbons (Fsp3) is 0.545. The summed E-state index contributed by atoms with van der Waals surface area (Å²) < 4.78 is 1.08. The molecule has 0 bridgehead atoms. The maximum atomic E-state index is 10.8. The van der Waals surface area contributed by atoms with Crippen LogP contribution in [0.1, 0.15) is 24.8 Å². The van der Waals surface area contributed by atoms with Gasteiger partial charge in [0.2, 0.25) is 0 Å². The second-order valence-corrected chi connectivity index (χ2v) is 5.88. The lowest BCUT2D eigenvalue weighted by Crippen LogP contribution is -2.30. The summed E-state index contributed by atoms with van der Waals surface area (Å²) in [5, 5.41) is 10.9. The molecule has 1 rings (SSSR count). The summed E-state index contributed by atoms with van der Waals surface area (Å²) in [6.45, 7) is 4.38. The molecule has 0 aromatic carbocycles. The minimum atomic E-state index is -0.744. The minimum absolute atomic E-state index is 0.248. The van der Waals surface area contributed by atoms with Crippen molar-refractivity contribution < 1.29 is 9.90 Å². The molecule has 5 heteroatoms. The Hall–Kier alpha value is -0.390. The Kier molecular flexibility index (Phi) is 4.95. The smallest absolute Gasteiger partial charge is 0.307 e. The van der Waals surface area contributed by atoms with Gasteiger partial charge in [0, 0.05) is 27.3 Å². The molecule has 1 aromatic heterocycles. The molecule has 0 saturated carbocycles. The first-order chi connectivity index (χ1) is 7.41. The van der Waals surface area contributed by atoms with E-state index in [0.29, 0.717) is 6.54 Å². The Balaban J connectivity index is 2.60. The van der Waals surface area contributed by atoms with Gasteiger partial charge in [-0.15, -0.1) is 11.3 Å². The number of carboxylic acids is 1. The summed E-state index contributed by atoms with van der Waals surface area (Å²) in [6.07, 6.45) is 0. The first-order valence-electron chi connectivity index (χ1n) is 5.08. The number of nitrogens with zero attached hydrogens (tertiary/aromatic N) is 1. The molecular weight excluding hydrogens is 290 g/mol. The summed E-state index contributed by atoms with van der Waals surface area (Å²) in [4.78, 5) is 14.1. The number of hydrogen-bond acceptors (Lipinski definition) is 3. The van der Waals surface area contributed by atoms with E-state index in [1.165, 1.54) is 4.88 Å². The highest BCUT2D eigenvalue weighted by molar-refractivity contribution is 9.10. The zero-order chi connectivity index (χ0) is 12.3. The molecule has 0 spiro atoms. The van der Waals surface area contributed by atoms with Gasteiger partial charge in [-0.1, -0.05) is 6.92 Å². The fourth-order valence-electron chi connectivity index (χ4n) is 1.43. The third-order valence-corrected chi connectivity index (χ3v) is 4.51. The van der Waals surface area contributed by atoms with E-state index in [4.69, 9.17) is 5.11 Å². The Labute approximate surface area is 108 Å². The van der Waals surface area contributed by atoms with E-state index in [1.807, 2.05) is 12.4 Å². The first-order valence-corrected chi connectivity index (χ1v) is 6.76. The summed E-state index contributed by atoms with van der Waals surface area (Å²) in [6, 6.07) is 2.33. The Bertz CT molecular complexity index is 367. The molecule has 1 N–H and O–H groups in total. The van der Waals surface area contributed by atoms with Crippen LogP contribution >= 0.6 is 27.3 Å². The van der Waals surface area contributed by atoms with E-state index in [9.17, 15) is 4.79 Å². The van der Waals surface area contributed by atoms with E-state index in [-0.39, 0.29) is 12.0 Å². The number of aliphatic carboxylic acids is 1. The van der Waals surface area contributed by atoms with E-state index in [2.05, 4.69) is 33.8 Å². The summed E-state index contributed by atoms with van der Waals surface area (Å²) in [5.41, 5.74) is 0. The van der Waals surface area contributed by atoms with Crippen molar-refractivity contribution in [2.75, 3.05) is 13.6 Å². The van der Waals surface area contributed by atoms with Gasteiger partial charge in [-0.2, -0.15) is 0 Å². The second-order valence-electron chi connectivity index (χ2n) is 4.02. The van der Waals surface area contributed by atoms with Gasteiger partial charge in [0.05, 0.1) is 5.92 Å². The van der Waals surface area contributed by atoms with Crippen molar-refractivity contribution >= 4 is 33.2 Å². The summed E-state index contributed by atoms with van der Waals surface area (Å²) in [7, 11) is 1.96. The van der Waals surface area contributed by atoms with Crippen LogP contribution in [-0.2, 0) is 4.79 Å². The molecule has 0 amide bonds. The highest BCUT2D eigenvalue weighted by Gasteiger charge is 2.19. The fourth-order valence-corrected chi connectivity index (χ4v) is 3.00. The molecule has 90 valence electrons. The van der Waals surface area contributed by atoms with Crippen molar-refractivity contribution in [1.29, 1.82) is 0 Å². The van der Waals surface area contributed by atoms with Gasteiger partial charge in [-0.05, 0) is 36.0 Å². The quantitative estimate of drug-likeness (QED) is 0.908. The molecule has 3 nitrogen and oxygen atoms in total. The number of rotatable bonds is 5. The molecule has 1 heterocycles. The number of hydrogen-bond donors (Lipinski definition) is 1. The van der Waals surface area contributed by atoms with Crippen molar-refractivity contribution in [1.82, 2.24) is 4.90 Å². The molecule has 0 saturated heterocycles. The number of carboxylic acid groups (broad SMARTS) is 1. The van der Waals surface area contributed by atoms with Crippen molar-refractivity contribution in [3.8, 4) is 0 Å². The molecule has 0 aliphatic rings. The predicted octanol–water partition coefficient (Wildman–Crippen LogP) is 3.22. The molecular formula is C11H16BrNO2S. The molecule has 0 fully saturated rings. The number of thiophene rings is 1. The Morgan fingerprint density at radius 3 is 2.69 bits per heavy atom. The minimum Gasteiger partial charge on any atom is -0.481 e. The van der Waals surface area contributed by atoms with Gasteiger partial charge in [-0.25, -0.2) is 0 Å². The maximum absolute atomic E-state index is 10.8. The van der Waals surface area contributed by atoms with Gasteiger partial charge >= 0.3 is 5.97 Å². The third-order valence-electron chi connectivity index (χ3n) is 2.64. The Morgan fingerprint density at radius 1 is 1.62 bits per heavy atom. The first kappa shape index (κ1) is 13.7. The average Bonchev–Trinajstić information content (AvgIpc) is 2.63. The van der Waals surface area contributed by atoms with E-state index in [0.717, 1.165) is 4.47 Å². The topological polar surface area (TPSA) is 40.5 Å². The van der Waals surface area contributed by atoms with Gasteiger partial charge in [0.15, 0.2) is 0 Å². The zero-order valence-electron chi connectivity index (χ0n) is 9.61. The lowest BCUT2D eigenvalue weighted by Gasteiger charge is -2.25. The molecule has 1 aromatic rings. The van der Waals surface area contributed by atoms with Crippen molar-refractivity contribution in [3.63, 3.8) is 0 Å². The van der Waals surface area contributed by atoms with Gasteiger partial charge < -0.3 is 5.11 Å². The van der Waals surface area contributed by atoms with Crippen LogP contribution in [0, 0.1) is 5.92 Å². The SMILES string of the molecule is CC(CN(C)C(C)c1cc(Br)cs1)C(=O)O. The van der Waals surface area contributed by atoms with Crippen molar-refractivity contribution in [3.05, 3.63) is 20.8 Å². The lowest BCUT2D eigenvalue weighted by molar-refractivity contribution is -0.141. The normalized spacial score (nSPS) is 15.1. The van der Waals surface area contributed by atoms with Crippen LogP contribution in [-0.4, -0.2) is 29.6 Å². The number of carbonyl (C=O) groups is 1. The van der Waals surface area contributed by atoms with Crippen LogP contribution in [0.25, 0.3) is 0 Å². The highest BCUT2D eigenvalue weighted by Crippen LogP contribution is 2.28. The van der Waals surface area contributed by atoms with Crippen LogP contribution in [0.3, 0.4) is 0 Å². The van der Waals surface area contributed by atoms with Crippen LogP contribution in [0.4, 0.5) is 0 Å². The second kappa shape index (κ2) is 5.80. The van der Waals surface area contributed by atoms with Crippen LogP contribution < -0.4 is 0 Å². The average molecular weight is 306 g/mol. The zero-order valence-corrected chi connectivity index (χ0v) is 12.0. The molecule has 2 atom stereocenters. The maximum Gasteiger partial charge on any atom is 0.307 e. The van der Waals surface area contributed by atoms with Crippen LogP contribution in [0.2, 0.25) is 0 Å². The standard InChI is InChI=1S/C11H16BrNO2S/c1-7(11(14)15)5-13(3)8(2)10-4-9(12)6-16-10/h4,6-8H,5H2,1-3H3,(H,14,15). The van der Waals surface area contributed by atoms with Crippen molar-refractivity contribution in [2.45, 2.75) is 19.9 Å². The molecule has 0 radical (unpaired) electrons. The Morgan fingerprint density at radius 2 is 2.25 bits per heavy atom. The van der Waals surface area contributed by atoms with E-state index >= 15 is 0 Å². The highest BCUT2D eigenvalue weighted by atomic mass is 79.9. The molecule has 0 aliphatic heterocycles. The van der Waals surface area contributed by atoms with Crippen LogP contribution in [0.5, 0.6) is 0 Å². The number of halogens is 1. The molecule has 0 aliphatic carbocycles. The van der Waals surface area contributed by atoms with E-state index in [1.54, 1.807) is 18.3 Å². The monoisotopic (exact) mass is 305 g/mol. The van der Waals surface area contributed by atoms with Gasteiger partial charge in [0.25, 0.3) is 0 Å². The molecule has 16 heavy (non-hydrogen) atoms. The third kappa shape index (κ3) is 3.57. The van der Waals surface area contributed by atoms with Gasteiger partial charge in [-0.3, -0.25) is 9.69 Å². The van der Waals surface area contributed by atoms with E-state index < -0.39 is 5.97 Å². The lowest BCUT2D eigenvalue weighted by atomic mass is 10.1. The largest absolute Gasteiger partial charge is 0.481 e. The predicted molar refractivity (Wildman–Crippen MR) is 69.9 cm³/mol. The van der Waals surface area contributed by atoms with Gasteiger partial charge in [0.1, 0.15) is 0 Å². The summed E-state index contributed by atoms with van der Waals surface area (Å²) >= 11 is 5.11. The van der Waals surface area contributed by atoms with Crippen LogP contribution in [0.15, 0.2) is 15.9 Å². The summed E-state index contributed by atoms with van der Waals surface area (Å²) in [5.74, 6) is -1.08. The van der Waals surface area contributed by atoms with Crippen molar-refractivity contribution in [2.24, 2.45) is 5.92 Å².